The smallest absolute Gasteiger partial charge is 0.147 e. The molecule has 1 atom stereocenters. The van der Waals surface area contributed by atoms with Crippen LogP contribution in [0.3, 0.4) is 0 Å². The van der Waals surface area contributed by atoms with Crippen molar-refractivity contribution in [2.45, 2.75) is 19.9 Å². The van der Waals surface area contributed by atoms with Crippen LogP contribution in [0, 0.1) is 12.7 Å². The van der Waals surface area contributed by atoms with Crippen molar-refractivity contribution in [1.82, 2.24) is 0 Å². The van der Waals surface area contributed by atoms with Crippen LogP contribution in [0.1, 0.15) is 24.1 Å². The first-order chi connectivity index (χ1) is 9.38. The summed E-state index contributed by atoms with van der Waals surface area (Å²) in [5.41, 5.74) is 6.96. The van der Waals surface area contributed by atoms with Gasteiger partial charge in [0.05, 0.1) is 5.02 Å². The van der Waals surface area contributed by atoms with Crippen LogP contribution in [0.25, 0.3) is 0 Å². The summed E-state index contributed by atoms with van der Waals surface area (Å²) in [5, 5.41) is 0.478. The second-order valence-corrected chi connectivity index (χ2v) is 5.93. The number of aryl methyl sites for hydroxylation is 1. The summed E-state index contributed by atoms with van der Waals surface area (Å²) in [6, 6.07) is 7.99. The largest absolute Gasteiger partial charge is 0.455 e. The van der Waals surface area contributed by atoms with Gasteiger partial charge in [-0.1, -0.05) is 27.5 Å². The molecule has 106 valence electrons. The first kappa shape index (κ1) is 15.3. The number of halogens is 3. The third kappa shape index (κ3) is 3.32. The van der Waals surface area contributed by atoms with Crippen LogP contribution in [0.4, 0.5) is 4.39 Å². The summed E-state index contributed by atoms with van der Waals surface area (Å²) in [5.74, 6) is 0.706. The molecular weight excluding hydrogens is 345 g/mol. The molecule has 0 fully saturated rings. The average Bonchev–Trinajstić information content (AvgIpc) is 2.37. The Morgan fingerprint density at radius 3 is 2.60 bits per heavy atom. The molecule has 2 nitrogen and oxygen atoms in total. The van der Waals surface area contributed by atoms with Gasteiger partial charge in [0.2, 0.25) is 0 Å². The normalized spacial score (nSPS) is 12.3. The first-order valence-corrected chi connectivity index (χ1v) is 7.24. The summed E-state index contributed by atoms with van der Waals surface area (Å²) < 4.78 is 20.3. The molecule has 2 aromatic carbocycles. The lowest BCUT2D eigenvalue weighted by Crippen LogP contribution is -2.08. The minimum absolute atomic E-state index is 0.301. The van der Waals surface area contributed by atoms with Crippen LogP contribution in [0.2, 0.25) is 5.02 Å². The van der Waals surface area contributed by atoms with Crippen molar-refractivity contribution in [2.24, 2.45) is 5.73 Å². The zero-order valence-corrected chi connectivity index (χ0v) is 13.4. The molecule has 0 aliphatic rings. The number of ether oxygens (including phenoxy) is 1. The van der Waals surface area contributed by atoms with Crippen molar-refractivity contribution in [3.05, 3.63) is 56.8 Å². The number of rotatable bonds is 3. The topological polar surface area (TPSA) is 35.2 Å². The van der Waals surface area contributed by atoms with Gasteiger partial charge in [0.25, 0.3) is 0 Å². The minimum atomic E-state index is -0.342. The molecule has 0 aromatic heterocycles. The van der Waals surface area contributed by atoms with E-state index in [1.807, 2.05) is 6.07 Å². The highest BCUT2D eigenvalue weighted by Crippen LogP contribution is 2.36. The fourth-order valence-electron chi connectivity index (χ4n) is 1.79. The molecular formula is C15H14BrClFNO. The van der Waals surface area contributed by atoms with E-state index in [4.69, 9.17) is 22.1 Å². The summed E-state index contributed by atoms with van der Waals surface area (Å²) in [4.78, 5) is 0. The van der Waals surface area contributed by atoms with E-state index in [2.05, 4.69) is 15.9 Å². The quantitative estimate of drug-likeness (QED) is 0.801. The molecule has 0 spiro atoms. The van der Waals surface area contributed by atoms with Gasteiger partial charge in [0.15, 0.2) is 0 Å². The fourth-order valence-corrected chi connectivity index (χ4v) is 2.28. The van der Waals surface area contributed by atoms with Gasteiger partial charge in [-0.3, -0.25) is 0 Å². The minimum Gasteiger partial charge on any atom is -0.455 e. The third-order valence-electron chi connectivity index (χ3n) is 2.89. The lowest BCUT2D eigenvalue weighted by Gasteiger charge is -2.16. The van der Waals surface area contributed by atoms with E-state index in [-0.39, 0.29) is 11.9 Å². The van der Waals surface area contributed by atoms with Crippen LogP contribution >= 0.6 is 27.5 Å². The molecule has 2 N–H and O–H groups in total. The van der Waals surface area contributed by atoms with E-state index in [1.165, 1.54) is 6.07 Å². The van der Waals surface area contributed by atoms with Gasteiger partial charge in [-0.2, -0.15) is 0 Å². The molecule has 20 heavy (non-hydrogen) atoms. The lowest BCUT2D eigenvalue weighted by molar-refractivity contribution is 0.468. The van der Waals surface area contributed by atoms with Crippen molar-refractivity contribution in [1.29, 1.82) is 0 Å². The Kier molecular flexibility index (Phi) is 4.68. The van der Waals surface area contributed by atoms with E-state index in [1.54, 1.807) is 32.0 Å². The summed E-state index contributed by atoms with van der Waals surface area (Å²) >= 11 is 9.46. The van der Waals surface area contributed by atoms with Gasteiger partial charge >= 0.3 is 0 Å². The number of nitrogens with two attached hydrogens (primary N) is 1. The Hall–Kier alpha value is -1.10. The highest BCUT2D eigenvalue weighted by Gasteiger charge is 2.14. The molecule has 0 unspecified atom stereocenters. The number of hydrogen-bond acceptors (Lipinski definition) is 2. The Labute approximate surface area is 130 Å². The van der Waals surface area contributed by atoms with E-state index < -0.39 is 0 Å². The van der Waals surface area contributed by atoms with Gasteiger partial charge in [-0.15, -0.1) is 0 Å². The maximum Gasteiger partial charge on any atom is 0.147 e. The van der Waals surface area contributed by atoms with Crippen LogP contribution < -0.4 is 10.5 Å². The van der Waals surface area contributed by atoms with E-state index in [0.29, 0.717) is 27.6 Å². The number of hydrogen-bond donors (Lipinski definition) is 1. The number of benzene rings is 2. The Balaban J connectivity index is 2.47. The van der Waals surface area contributed by atoms with E-state index in [9.17, 15) is 4.39 Å². The second kappa shape index (κ2) is 6.12. The predicted octanol–water partition coefficient (Wildman–Crippen LogP) is 5.36. The van der Waals surface area contributed by atoms with Crippen molar-refractivity contribution in [3.63, 3.8) is 0 Å². The van der Waals surface area contributed by atoms with Gasteiger partial charge in [-0.05, 0) is 49.7 Å². The van der Waals surface area contributed by atoms with Crippen LogP contribution in [-0.4, -0.2) is 0 Å². The van der Waals surface area contributed by atoms with Crippen molar-refractivity contribution in [2.75, 3.05) is 0 Å². The Morgan fingerprint density at radius 2 is 1.95 bits per heavy atom. The highest BCUT2D eigenvalue weighted by molar-refractivity contribution is 9.10. The first-order valence-electron chi connectivity index (χ1n) is 6.07. The molecule has 5 heteroatoms. The zero-order valence-electron chi connectivity index (χ0n) is 11.1. The molecule has 2 rings (SSSR count). The van der Waals surface area contributed by atoms with Gasteiger partial charge in [0, 0.05) is 16.1 Å². The standard InChI is InChI=1S/C15H14BrClFNO/c1-8-5-14(11(9(2)19)7-13(8)18)20-15-6-10(16)3-4-12(15)17/h3-7,9H,19H2,1-2H3/t9-/m0/s1. The maximum absolute atomic E-state index is 13.7. The van der Waals surface area contributed by atoms with Crippen LogP contribution in [-0.2, 0) is 0 Å². The third-order valence-corrected chi connectivity index (χ3v) is 3.70. The monoisotopic (exact) mass is 357 g/mol. The maximum atomic E-state index is 13.7. The molecule has 0 bridgehead atoms. The lowest BCUT2D eigenvalue weighted by atomic mass is 10.1. The van der Waals surface area contributed by atoms with Crippen LogP contribution in [0.5, 0.6) is 11.5 Å². The molecule has 0 aliphatic carbocycles. The summed E-state index contributed by atoms with van der Waals surface area (Å²) in [7, 11) is 0. The highest BCUT2D eigenvalue weighted by atomic mass is 79.9. The molecule has 0 amide bonds. The molecule has 2 aromatic rings. The zero-order chi connectivity index (χ0) is 14.9. The SMILES string of the molecule is Cc1cc(Oc2cc(Br)ccc2Cl)c([C@H](C)N)cc1F. The molecule has 0 aliphatic heterocycles. The van der Waals surface area contributed by atoms with Crippen molar-refractivity contribution < 1.29 is 9.13 Å². The second-order valence-electron chi connectivity index (χ2n) is 4.60. The van der Waals surface area contributed by atoms with Crippen LogP contribution in [0.15, 0.2) is 34.8 Å². The molecule has 0 saturated carbocycles. The molecule has 0 heterocycles. The average molecular weight is 359 g/mol. The van der Waals surface area contributed by atoms with Gasteiger partial charge < -0.3 is 10.5 Å². The Bertz CT molecular complexity index is 646. The van der Waals surface area contributed by atoms with Crippen molar-refractivity contribution >= 4 is 27.5 Å². The van der Waals surface area contributed by atoms with Gasteiger partial charge in [-0.25, -0.2) is 4.39 Å². The Morgan fingerprint density at radius 1 is 1.25 bits per heavy atom. The summed E-state index contributed by atoms with van der Waals surface area (Å²) in [6.07, 6.45) is 0. The van der Waals surface area contributed by atoms with E-state index >= 15 is 0 Å². The predicted molar refractivity (Wildman–Crippen MR) is 83.0 cm³/mol. The molecule has 0 saturated heterocycles. The van der Waals surface area contributed by atoms with E-state index in [0.717, 1.165) is 4.47 Å². The van der Waals surface area contributed by atoms with Crippen molar-refractivity contribution in [3.8, 4) is 11.5 Å². The fraction of sp³-hybridized carbons (Fsp3) is 0.200. The van der Waals surface area contributed by atoms with Gasteiger partial charge in [0.1, 0.15) is 17.3 Å². The molecule has 0 radical (unpaired) electrons. The summed E-state index contributed by atoms with van der Waals surface area (Å²) in [6.45, 7) is 3.45.